The number of nitrogens with zero attached hydrogens (tertiary/aromatic N) is 3. The number of aliphatic imine (C=N–C) groups is 1. The topological polar surface area (TPSA) is 50.2 Å². The first-order valence-corrected chi connectivity index (χ1v) is 7.36. The second-order valence-corrected chi connectivity index (χ2v) is 5.63. The Bertz CT molecular complexity index is 634. The summed E-state index contributed by atoms with van der Waals surface area (Å²) < 4.78 is 0. The largest absolute Gasteiger partial charge is 0.366 e. The average Bonchev–Trinajstić information content (AvgIpc) is 2.47. The lowest BCUT2D eigenvalue weighted by Gasteiger charge is -2.20. The Morgan fingerprint density at radius 1 is 1.21 bits per heavy atom. The molecule has 0 aliphatic carbocycles. The summed E-state index contributed by atoms with van der Waals surface area (Å²) in [5.74, 6) is 1.77. The molecule has 1 aliphatic heterocycles. The molecule has 0 spiro atoms. The summed E-state index contributed by atoms with van der Waals surface area (Å²) in [7, 11) is 2.61. The fourth-order valence-corrected chi connectivity index (χ4v) is 3.16. The zero-order chi connectivity index (χ0) is 13.2. The molecule has 1 atom stereocenters. The van der Waals surface area contributed by atoms with Gasteiger partial charge in [0.2, 0.25) is 0 Å². The van der Waals surface area contributed by atoms with Crippen molar-refractivity contribution in [2.75, 3.05) is 13.3 Å². The molecule has 0 amide bonds. The molecule has 5 heteroatoms. The standard InChI is InChI=1S/C14H15N4P/c1-9-16-6-11(7-17-9)10-3-4-13-12(5-10)14(15-2)18-8-19-13/h3-7,19H,8H2,1-2H3,(H,15,18). The molecule has 2 aromatic rings. The van der Waals surface area contributed by atoms with E-state index < -0.39 is 0 Å². The molecule has 1 aliphatic rings. The van der Waals surface area contributed by atoms with Gasteiger partial charge in [-0.25, -0.2) is 9.97 Å². The van der Waals surface area contributed by atoms with Crippen molar-refractivity contribution in [3.63, 3.8) is 0 Å². The van der Waals surface area contributed by atoms with E-state index in [0.29, 0.717) is 0 Å². The van der Waals surface area contributed by atoms with Crippen molar-refractivity contribution in [3.05, 3.63) is 42.0 Å². The molecule has 3 rings (SSSR count). The third-order valence-electron chi connectivity index (χ3n) is 3.15. The van der Waals surface area contributed by atoms with Crippen LogP contribution in [0.25, 0.3) is 11.1 Å². The summed E-state index contributed by atoms with van der Waals surface area (Å²) in [6.45, 7) is 1.89. The van der Waals surface area contributed by atoms with Gasteiger partial charge in [-0.2, -0.15) is 0 Å². The number of hydrogen-bond acceptors (Lipinski definition) is 3. The highest BCUT2D eigenvalue weighted by Crippen LogP contribution is 2.24. The fraction of sp³-hybridized carbons (Fsp3) is 0.214. The van der Waals surface area contributed by atoms with Crippen LogP contribution in [0.3, 0.4) is 0 Å². The molecular formula is C14H15N4P. The van der Waals surface area contributed by atoms with Gasteiger partial charge in [0, 0.05) is 36.9 Å². The van der Waals surface area contributed by atoms with E-state index in [-0.39, 0.29) is 0 Å². The van der Waals surface area contributed by atoms with Gasteiger partial charge in [-0.05, 0) is 23.9 Å². The highest BCUT2D eigenvalue weighted by atomic mass is 31.1. The van der Waals surface area contributed by atoms with Crippen molar-refractivity contribution in [1.82, 2.24) is 15.3 Å². The first-order valence-electron chi connectivity index (χ1n) is 6.16. The molecule has 1 aromatic heterocycles. The van der Waals surface area contributed by atoms with Crippen LogP contribution in [0.1, 0.15) is 11.4 Å². The van der Waals surface area contributed by atoms with Crippen molar-refractivity contribution in [2.24, 2.45) is 4.99 Å². The van der Waals surface area contributed by atoms with Gasteiger partial charge < -0.3 is 5.32 Å². The number of aryl methyl sites for hydroxylation is 1. The molecule has 4 nitrogen and oxygen atoms in total. The van der Waals surface area contributed by atoms with Gasteiger partial charge in [-0.15, -0.1) is 0 Å². The lowest BCUT2D eigenvalue weighted by molar-refractivity contribution is 1.06. The van der Waals surface area contributed by atoms with Crippen LogP contribution in [-0.4, -0.2) is 29.1 Å². The summed E-state index contributed by atoms with van der Waals surface area (Å²) in [5.41, 5.74) is 3.37. The lowest BCUT2D eigenvalue weighted by Crippen LogP contribution is -2.33. The SMILES string of the molecule is CN=C1NCPc2ccc(-c3cnc(C)nc3)cc21. The predicted octanol–water partition coefficient (Wildman–Crippen LogP) is 1.69. The van der Waals surface area contributed by atoms with Crippen LogP contribution in [0.2, 0.25) is 0 Å². The zero-order valence-electron chi connectivity index (χ0n) is 10.9. The maximum Gasteiger partial charge on any atom is 0.128 e. The summed E-state index contributed by atoms with van der Waals surface area (Å²) >= 11 is 0. The molecule has 96 valence electrons. The van der Waals surface area contributed by atoms with E-state index in [9.17, 15) is 0 Å². The van der Waals surface area contributed by atoms with Crippen molar-refractivity contribution < 1.29 is 0 Å². The van der Waals surface area contributed by atoms with Gasteiger partial charge >= 0.3 is 0 Å². The number of rotatable bonds is 1. The molecule has 0 fully saturated rings. The Labute approximate surface area is 114 Å². The summed E-state index contributed by atoms with van der Waals surface area (Å²) in [6.07, 6.45) is 4.71. The third kappa shape index (κ3) is 2.36. The Morgan fingerprint density at radius 2 is 2.00 bits per heavy atom. The van der Waals surface area contributed by atoms with Gasteiger partial charge in [0.15, 0.2) is 0 Å². The van der Waals surface area contributed by atoms with E-state index in [1.165, 1.54) is 10.9 Å². The van der Waals surface area contributed by atoms with Gasteiger partial charge in [-0.3, -0.25) is 4.99 Å². The van der Waals surface area contributed by atoms with Crippen molar-refractivity contribution in [1.29, 1.82) is 0 Å². The second-order valence-electron chi connectivity index (χ2n) is 4.38. The van der Waals surface area contributed by atoms with Crippen molar-refractivity contribution in [3.8, 4) is 11.1 Å². The number of amidine groups is 1. The first kappa shape index (κ1) is 12.2. The molecular weight excluding hydrogens is 255 g/mol. The van der Waals surface area contributed by atoms with Gasteiger partial charge in [0.05, 0.1) is 0 Å². The lowest BCUT2D eigenvalue weighted by atomic mass is 10.0. The predicted molar refractivity (Wildman–Crippen MR) is 80.6 cm³/mol. The second kappa shape index (κ2) is 5.06. The molecule has 0 radical (unpaired) electrons. The molecule has 1 aromatic carbocycles. The Balaban J connectivity index is 2.07. The summed E-state index contributed by atoms with van der Waals surface area (Å²) in [5, 5.41) is 4.72. The van der Waals surface area contributed by atoms with Crippen molar-refractivity contribution >= 4 is 19.7 Å². The van der Waals surface area contributed by atoms with E-state index in [1.54, 1.807) is 0 Å². The van der Waals surface area contributed by atoms with Crippen LogP contribution < -0.4 is 10.6 Å². The maximum atomic E-state index is 4.32. The smallest absolute Gasteiger partial charge is 0.128 e. The van der Waals surface area contributed by atoms with Gasteiger partial charge in [0.25, 0.3) is 0 Å². The molecule has 0 saturated carbocycles. The molecule has 2 heterocycles. The summed E-state index contributed by atoms with van der Waals surface area (Å²) in [4.78, 5) is 12.8. The quantitative estimate of drug-likeness (QED) is 0.802. The Kier molecular flexibility index (Phi) is 3.26. The Morgan fingerprint density at radius 3 is 2.74 bits per heavy atom. The number of fused-ring (bicyclic) bond motifs is 1. The number of nitrogens with one attached hydrogen (secondary N) is 1. The van der Waals surface area contributed by atoms with Crippen LogP contribution >= 0.6 is 8.58 Å². The van der Waals surface area contributed by atoms with E-state index in [4.69, 9.17) is 0 Å². The van der Waals surface area contributed by atoms with Crippen LogP contribution in [0.4, 0.5) is 0 Å². The van der Waals surface area contributed by atoms with E-state index in [1.807, 2.05) is 26.4 Å². The highest BCUT2D eigenvalue weighted by Gasteiger charge is 2.15. The normalized spacial score (nSPS) is 17.3. The van der Waals surface area contributed by atoms with Crippen LogP contribution in [0.5, 0.6) is 0 Å². The minimum atomic E-state index is 0.791. The molecule has 0 bridgehead atoms. The van der Waals surface area contributed by atoms with Gasteiger partial charge in [0.1, 0.15) is 11.7 Å². The number of aromatic nitrogens is 2. The highest BCUT2D eigenvalue weighted by molar-refractivity contribution is 7.47. The number of benzene rings is 1. The average molecular weight is 270 g/mol. The number of hydrogen-bond donors (Lipinski definition) is 1. The monoisotopic (exact) mass is 270 g/mol. The minimum Gasteiger partial charge on any atom is -0.366 e. The van der Waals surface area contributed by atoms with Gasteiger partial charge in [-0.1, -0.05) is 20.7 Å². The Hall–Kier alpha value is -1.80. The maximum absolute atomic E-state index is 4.32. The van der Waals surface area contributed by atoms with E-state index in [0.717, 1.165) is 37.7 Å². The van der Waals surface area contributed by atoms with Crippen LogP contribution in [0.15, 0.2) is 35.6 Å². The van der Waals surface area contributed by atoms with Crippen LogP contribution in [0, 0.1) is 6.92 Å². The van der Waals surface area contributed by atoms with Crippen LogP contribution in [-0.2, 0) is 0 Å². The first-order chi connectivity index (χ1) is 9.28. The van der Waals surface area contributed by atoms with E-state index >= 15 is 0 Å². The zero-order valence-corrected chi connectivity index (χ0v) is 11.9. The van der Waals surface area contributed by atoms with Crippen molar-refractivity contribution in [2.45, 2.75) is 6.92 Å². The summed E-state index contributed by atoms with van der Waals surface area (Å²) in [6, 6.07) is 6.50. The third-order valence-corrected chi connectivity index (χ3v) is 4.32. The molecule has 19 heavy (non-hydrogen) atoms. The molecule has 1 unspecified atom stereocenters. The molecule has 1 N–H and O–H groups in total. The fourth-order valence-electron chi connectivity index (χ4n) is 2.13. The van der Waals surface area contributed by atoms with E-state index in [2.05, 4.69) is 38.5 Å². The minimum absolute atomic E-state index is 0.791. The molecule has 0 saturated heterocycles.